The number of carboxylic acid groups (broad SMARTS) is 2. The van der Waals surface area contributed by atoms with Crippen molar-refractivity contribution in [3.05, 3.63) is 83.4 Å². The second-order valence-electron chi connectivity index (χ2n) is 12.0. The van der Waals surface area contributed by atoms with Gasteiger partial charge in [-0.25, -0.2) is 4.79 Å². The second kappa shape index (κ2) is 20.1. The minimum Gasteiger partial charge on any atom is -0.550 e. The Morgan fingerprint density at radius 1 is 0.791 bits per heavy atom. The molecule has 1 N–H and O–H groups in total. The van der Waals surface area contributed by atoms with Gasteiger partial charge in [0.1, 0.15) is 11.2 Å². The molecule has 0 fully saturated rings. The Balaban J connectivity index is 0.000000802. The molecule has 9 heteroatoms. The maximum atomic E-state index is 11.7. The zero-order valence-electron chi connectivity index (χ0n) is 26.7. The average Bonchev–Trinajstić information content (AvgIpc) is 2.87. The van der Waals surface area contributed by atoms with E-state index in [0.717, 1.165) is 24.0 Å². The van der Waals surface area contributed by atoms with E-state index >= 15 is 0 Å². The molecule has 2 rings (SSSR count). The minimum absolute atomic E-state index is 0. The van der Waals surface area contributed by atoms with Crippen LogP contribution in [0.3, 0.4) is 0 Å². The molecule has 0 aliphatic rings. The Bertz CT molecular complexity index is 1160. The van der Waals surface area contributed by atoms with Crippen LogP contribution in [-0.2, 0) is 41.5 Å². The fraction of sp³-hybridized carbons (Fsp3) is 0.471. The quantitative estimate of drug-likeness (QED) is 0.210. The Kier molecular flexibility index (Phi) is 18.7. The van der Waals surface area contributed by atoms with Gasteiger partial charge < -0.3 is 24.5 Å². The third kappa shape index (κ3) is 20.6. The first kappa shape index (κ1) is 40.1. The maximum absolute atomic E-state index is 11.7. The molecule has 0 heterocycles. The van der Waals surface area contributed by atoms with Gasteiger partial charge in [-0.3, -0.25) is 9.59 Å². The van der Waals surface area contributed by atoms with Crippen molar-refractivity contribution in [3.63, 3.8) is 0 Å². The molecule has 8 nitrogen and oxygen atoms in total. The molecule has 0 aliphatic heterocycles. The number of hydrogen-bond acceptors (Lipinski definition) is 7. The molecule has 1 unspecified atom stereocenters. The number of aliphatic carboxylic acids is 2. The third-order valence-corrected chi connectivity index (χ3v) is 5.72. The Hall–Kier alpha value is -2.94. The molecule has 2 aromatic rings. The van der Waals surface area contributed by atoms with E-state index in [4.69, 9.17) is 14.6 Å². The number of aryl methyl sites for hydroxylation is 2. The van der Waals surface area contributed by atoms with Gasteiger partial charge >= 0.3 is 47.5 Å². The van der Waals surface area contributed by atoms with Gasteiger partial charge in [-0.05, 0) is 84.8 Å². The SMILES string of the molecule is CC(C)(C)OC(=O)C/C(=C\CCc1ccccc1)C(=O)O.CC(C)(C)OC(=O)CC(CCCc1ccccc1)C(=O)[O-].[Na+]. The molecule has 0 aliphatic carbocycles. The zero-order chi connectivity index (χ0) is 31.8. The average molecular weight is 605 g/mol. The summed E-state index contributed by atoms with van der Waals surface area (Å²) in [7, 11) is 0. The molecule has 1 atom stereocenters. The van der Waals surface area contributed by atoms with Crippen LogP contribution < -0.4 is 34.7 Å². The van der Waals surface area contributed by atoms with Crippen molar-refractivity contribution in [2.75, 3.05) is 0 Å². The van der Waals surface area contributed by atoms with E-state index in [1.54, 1.807) is 47.6 Å². The second-order valence-corrected chi connectivity index (χ2v) is 12.0. The molecule has 0 aromatic heterocycles. The number of carbonyl (C=O) groups is 4. The van der Waals surface area contributed by atoms with Crippen molar-refractivity contribution in [3.8, 4) is 0 Å². The number of ether oxygens (including phenoxy) is 2. The summed E-state index contributed by atoms with van der Waals surface area (Å²) in [5.74, 6) is -4.06. The summed E-state index contributed by atoms with van der Waals surface area (Å²) in [5, 5.41) is 20.3. The summed E-state index contributed by atoms with van der Waals surface area (Å²) in [5.41, 5.74) is 1.17. The van der Waals surface area contributed by atoms with Gasteiger partial charge in [-0.15, -0.1) is 0 Å². The van der Waals surface area contributed by atoms with Gasteiger partial charge in [0.05, 0.1) is 12.8 Å². The summed E-state index contributed by atoms with van der Waals surface area (Å²) in [6.07, 6.45) is 4.48. The monoisotopic (exact) mass is 604 g/mol. The predicted molar refractivity (Wildman–Crippen MR) is 159 cm³/mol. The normalized spacial score (nSPS) is 12.1. The van der Waals surface area contributed by atoms with Crippen molar-refractivity contribution in [1.29, 1.82) is 0 Å². The smallest absolute Gasteiger partial charge is 0.550 e. The van der Waals surface area contributed by atoms with Crippen LogP contribution in [0.2, 0.25) is 0 Å². The number of carboxylic acids is 2. The molecule has 0 radical (unpaired) electrons. The molecular weight excluding hydrogens is 559 g/mol. The molecule has 0 saturated heterocycles. The first-order chi connectivity index (χ1) is 19.6. The van der Waals surface area contributed by atoms with Crippen LogP contribution in [0.15, 0.2) is 72.3 Å². The number of allylic oxidation sites excluding steroid dienone is 1. The van der Waals surface area contributed by atoms with Gasteiger partial charge in [-0.1, -0.05) is 66.7 Å². The molecular formula is C34H45NaO8. The molecule has 230 valence electrons. The molecule has 0 spiro atoms. The van der Waals surface area contributed by atoms with Crippen molar-refractivity contribution >= 4 is 23.9 Å². The standard InChI is InChI=1S/C17H24O4.C17H22O4.Na/c2*1-17(2,3)21-15(18)12-14(16(19)20)11-7-10-13-8-5-4-6-9-13;/h4-6,8-9,14H,7,10-12H2,1-3H3,(H,19,20);4-6,8-9,11H,7,10,12H2,1-3H3,(H,19,20);/q;;+1/p-1/b;14-11+;. The Morgan fingerprint density at radius 3 is 1.70 bits per heavy atom. The van der Waals surface area contributed by atoms with Crippen LogP contribution in [0.4, 0.5) is 0 Å². The first-order valence-corrected chi connectivity index (χ1v) is 14.2. The van der Waals surface area contributed by atoms with Crippen molar-refractivity contribution in [2.24, 2.45) is 5.92 Å². The number of benzene rings is 2. The van der Waals surface area contributed by atoms with E-state index < -0.39 is 41.0 Å². The third-order valence-electron chi connectivity index (χ3n) is 5.72. The molecule has 0 bridgehead atoms. The van der Waals surface area contributed by atoms with Gasteiger partial charge in [0.25, 0.3) is 0 Å². The fourth-order valence-electron chi connectivity index (χ4n) is 3.91. The predicted octanol–water partition coefficient (Wildman–Crippen LogP) is 2.47. The van der Waals surface area contributed by atoms with Crippen molar-refractivity contribution < 1.29 is 68.4 Å². The summed E-state index contributed by atoms with van der Waals surface area (Å²) >= 11 is 0. The largest absolute Gasteiger partial charge is 1.00 e. The van der Waals surface area contributed by atoms with E-state index in [1.807, 2.05) is 60.7 Å². The van der Waals surface area contributed by atoms with E-state index in [9.17, 15) is 24.3 Å². The van der Waals surface area contributed by atoms with Gasteiger partial charge in [0, 0.05) is 17.5 Å². The van der Waals surface area contributed by atoms with Crippen molar-refractivity contribution in [1.82, 2.24) is 0 Å². The van der Waals surface area contributed by atoms with E-state index in [0.29, 0.717) is 19.3 Å². The van der Waals surface area contributed by atoms with Gasteiger partial charge in [-0.2, -0.15) is 0 Å². The van der Waals surface area contributed by atoms with Crippen molar-refractivity contribution in [2.45, 2.75) is 97.7 Å². The van der Waals surface area contributed by atoms with Crippen LogP contribution in [0, 0.1) is 5.92 Å². The van der Waals surface area contributed by atoms with Gasteiger partial charge in [0.2, 0.25) is 0 Å². The molecule has 0 saturated carbocycles. The first-order valence-electron chi connectivity index (χ1n) is 14.2. The molecule has 2 aromatic carbocycles. The summed E-state index contributed by atoms with van der Waals surface area (Å²) < 4.78 is 10.3. The summed E-state index contributed by atoms with van der Waals surface area (Å²) in [6.45, 7) is 10.5. The molecule has 43 heavy (non-hydrogen) atoms. The summed E-state index contributed by atoms with van der Waals surface area (Å²) in [6, 6.07) is 19.6. The van der Waals surface area contributed by atoms with Gasteiger partial charge in [0.15, 0.2) is 0 Å². The number of esters is 2. The Morgan fingerprint density at radius 2 is 1.26 bits per heavy atom. The van der Waals surface area contributed by atoms with Crippen LogP contribution in [0.1, 0.15) is 84.8 Å². The number of hydrogen-bond donors (Lipinski definition) is 1. The topological polar surface area (TPSA) is 130 Å². The number of carbonyl (C=O) groups excluding carboxylic acids is 3. The Labute approximate surface area is 278 Å². The van der Waals surface area contributed by atoms with E-state index in [1.165, 1.54) is 0 Å². The van der Waals surface area contributed by atoms with Crippen LogP contribution in [0.25, 0.3) is 0 Å². The minimum atomic E-state index is -1.19. The van der Waals surface area contributed by atoms with E-state index in [-0.39, 0.29) is 48.0 Å². The summed E-state index contributed by atoms with van der Waals surface area (Å²) in [4.78, 5) is 45.7. The fourth-order valence-corrected chi connectivity index (χ4v) is 3.91. The maximum Gasteiger partial charge on any atom is 1.00 e. The number of rotatable bonds is 13. The molecule has 0 amide bonds. The zero-order valence-corrected chi connectivity index (χ0v) is 28.7. The van der Waals surface area contributed by atoms with Crippen LogP contribution in [-0.4, -0.2) is 40.2 Å². The van der Waals surface area contributed by atoms with E-state index in [2.05, 4.69) is 0 Å². The van der Waals surface area contributed by atoms with Crippen LogP contribution in [0.5, 0.6) is 0 Å². The van der Waals surface area contributed by atoms with Crippen LogP contribution >= 0.6 is 0 Å².